The van der Waals surface area contributed by atoms with E-state index < -0.39 is 23.3 Å². The molecule has 1 aromatic heterocycles. The summed E-state index contributed by atoms with van der Waals surface area (Å²) < 4.78 is 10.2. The Hall–Kier alpha value is -1.51. The third-order valence-corrected chi connectivity index (χ3v) is 3.65. The van der Waals surface area contributed by atoms with E-state index in [2.05, 4.69) is 0 Å². The molecule has 1 aliphatic rings. The summed E-state index contributed by atoms with van der Waals surface area (Å²) in [6.07, 6.45) is 0.745. The number of ether oxygens (including phenoxy) is 1. The molecule has 1 aliphatic carbocycles. The van der Waals surface area contributed by atoms with Crippen LogP contribution in [0.25, 0.3) is 5.76 Å². The molecule has 1 aromatic carbocycles. The Morgan fingerprint density at radius 3 is 2.38 bits per heavy atom. The zero-order valence-electron chi connectivity index (χ0n) is 14.7. The average molecular weight is 378 g/mol. The van der Waals surface area contributed by atoms with Gasteiger partial charge in [0, 0.05) is 17.2 Å². The van der Waals surface area contributed by atoms with E-state index >= 15 is 0 Å². The molecule has 0 aliphatic heterocycles. The van der Waals surface area contributed by atoms with Gasteiger partial charge in [0.25, 0.3) is 0 Å². The Balaban J connectivity index is 0.00000243. The van der Waals surface area contributed by atoms with Crippen LogP contribution in [-0.2, 0) is 9.53 Å². The molecular weight excluding hydrogens is 363 g/mol. The fourth-order valence-corrected chi connectivity index (χ4v) is 2.46. The van der Waals surface area contributed by atoms with Crippen LogP contribution in [0.15, 0.2) is 40.8 Å². The third kappa shape index (κ3) is 4.07. The van der Waals surface area contributed by atoms with Gasteiger partial charge >= 0.3 is 57.4 Å². The van der Waals surface area contributed by atoms with Crippen molar-refractivity contribution < 1.29 is 80.0 Å². The van der Waals surface area contributed by atoms with Crippen LogP contribution in [0, 0.1) is 5.92 Å². The Bertz CT molecular complexity index is 854. The first-order valence-corrected chi connectivity index (χ1v) is 7.76. The molecule has 0 spiro atoms. The van der Waals surface area contributed by atoms with Crippen LogP contribution in [0.2, 0.25) is 0 Å². The number of furan rings is 1. The molecule has 3 rings (SSSR count). The van der Waals surface area contributed by atoms with E-state index in [0.29, 0.717) is 0 Å². The fraction of sp³-hybridized carbons (Fsp3) is 0.211. The molecule has 0 saturated heterocycles. The number of fused-ring (bicyclic) bond motifs is 2. The van der Waals surface area contributed by atoms with Crippen LogP contribution in [0.4, 0.5) is 0 Å². The van der Waals surface area contributed by atoms with Crippen LogP contribution >= 0.6 is 0 Å². The molecular formula is C19H15KO6. The molecule has 0 radical (unpaired) electrons. The van der Waals surface area contributed by atoms with E-state index in [-0.39, 0.29) is 92.1 Å². The van der Waals surface area contributed by atoms with Gasteiger partial charge in [-0.3, -0.25) is 9.59 Å². The molecule has 0 fully saturated rings. The zero-order valence-corrected chi connectivity index (χ0v) is 17.8. The molecule has 6 nitrogen and oxygen atoms in total. The molecule has 0 bridgehead atoms. The van der Waals surface area contributed by atoms with E-state index in [1.807, 2.05) is 13.8 Å². The van der Waals surface area contributed by atoms with Gasteiger partial charge in [0.15, 0.2) is 11.5 Å². The van der Waals surface area contributed by atoms with E-state index in [9.17, 15) is 19.5 Å². The third-order valence-electron chi connectivity index (χ3n) is 3.65. The standard InChI is InChI=1S/C19H16O6.K/c1-10(2)9-24-16(21)8-14(20)15-7-13-17(22)11-5-3-4-6-12(11)18(23)19(13)25-15;/h3-8,10,20H,9H2,1-2H3;/q;+1/p-1/b14-8-;. The second kappa shape index (κ2) is 8.45. The van der Waals surface area contributed by atoms with Gasteiger partial charge in [-0.25, -0.2) is 4.79 Å². The molecule has 2 aromatic rings. The number of carbonyl (C=O) groups excluding carboxylic acids is 3. The van der Waals surface area contributed by atoms with Crippen molar-refractivity contribution in [2.24, 2.45) is 5.92 Å². The van der Waals surface area contributed by atoms with Gasteiger partial charge in [0.1, 0.15) is 5.76 Å². The molecule has 1 heterocycles. The van der Waals surface area contributed by atoms with Crippen molar-refractivity contribution in [1.29, 1.82) is 0 Å². The number of rotatable bonds is 4. The van der Waals surface area contributed by atoms with Crippen LogP contribution in [0.1, 0.15) is 51.6 Å². The van der Waals surface area contributed by atoms with Crippen LogP contribution in [-0.4, -0.2) is 24.1 Å². The molecule has 128 valence electrons. The summed E-state index contributed by atoms with van der Waals surface area (Å²) >= 11 is 0. The average Bonchev–Trinajstić information content (AvgIpc) is 3.04. The predicted molar refractivity (Wildman–Crippen MR) is 85.8 cm³/mol. The van der Waals surface area contributed by atoms with Crippen LogP contribution < -0.4 is 56.5 Å². The quantitative estimate of drug-likeness (QED) is 0.249. The summed E-state index contributed by atoms with van der Waals surface area (Å²) in [6, 6.07) is 7.56. The van der Waals surface area contributed by atoms with E-state index in [1.54, 1.807) is 18.2 Å². The van der Waals surface area contributed by atoms with Crippen LogP contribution in [0.5, 0.6) is 0 Å². The predicted octanol–water partition coefficient (Wildman–Crippen LogP) is -1.04. The van der Waals surface area contributed by atoms with Crippen LogP contribution in [0.3, 0.4) is 0 Å². The summed E-state index contributed by atoms with van der Waals surface area (Å²) in [7, 11) is 0. The molecule has 26 heavy (non-hydrogen) atoms. The minimum Gasteiger partial charge on any atom is -0.870 e. The number of benzene rings is 1. The molecule has 0 unspecified atom stereocenters. The van der Waals surface area contributed by atoms with Gasteiger partial charge in [0.2, 0.25) is 5.78 Å². The van der Waals surface area contributed by atoms with Gasteiger partial charge in [0.05, 0.1) is 12.2 Å². The topological polar surface area (TPSA) is 96.6 Å². The number of hydrogen-bond donors (Lipinski definition) is 0. The van der Waals surface area contributed by atoms with Crippen molar-refractivity contribution in [2.45, 2.75) is 13.8 Å². The van der Waals surface area contributed by atoms with Crippen molar-refractivity contribution in [3.8, 4) is 0 Å². The van der Waals surface area contributed by atoms with Gasteiger partial charge in [-0.15, -0.1) is 0 Å². The summed E-state index contributed by atoms with van der Waals surface area (Å²) in [5, 5.41) is 12.1. The first-order chi connectivity index (χ1) is 11.9. The Morgan fingerprint density at radius 2 is 1.77 bits per heavy atom. The second-order valence-corrected chi connectivity index (χ2v) is 6.09. The molecule has 7 heteroatoms. The molecule has 0 amide bonds. The maximum atomic E-state index is 12.5. The summed E-state index contributed by atoms with van der Waals surface area (Å²) in [5.41, 5.74) is 0.518. The van der Waals surface area contributed by atoms with E-state index in [1.165, 1.54) is 12.1 Å². The zero-order chi connectivity index (χ0) is 18.1. The maximum absolute atomic E-state index is 12.5. The normalized spacial score (nSPS) is 13.1. The van der Waals surface area contributed by atoms with Gasteiger partial charge in [-0.2, -0.15) is 0 Å². The summed E-state index contributed by atoms with van der Waals surface area (Å²) in [6.45, 7) is 3.92. The van der Waals surface area contributed by atoms with Crippen molar-refractivity contribution >= 4 is 23.3 Å². The number of carbonyl (C=O) groups is 3. The largest absolute Gasteiger partial charge is 1.00 e. The fourth-order valence-electron chi connectivity index (χ4n) is 2.46. The number of hydrogen-bond acceptors (Lipinski definition) is 6. The van der Waals surface area contributed by atoms with E-state index in [4.69, 9.17) is 9.15 Å². The SMILES string of the molecule is CC(C)COC(=O)/C=C(\[O-])c1cc2c(o1)C(=O)c1ccccc1C2=O.[K+]. The smallest absolute Gasteiger partial charge is 0.870 e. The van der Waals surface area contributed by atoms with Crippen molar-refractivity contribution in [3.63, 3.8) is 0 Å². The number of ketones is 2. The Kier molecular flexibility index (Phi) is 6.76. The minimum atomic E-state index is -0.797. The van der Waals surface area contributed by atoms with E-state index in [0.717, 1.165) is 6.08 Å². The minimum absolute atomic E-state index is 0. The first kappa shape index (κ1) is 20.8. The van der Waals surface area contributed by atoms with Gasteiger partial charge in [-0.05, 0) is 12.0 Å². The van der Waals surface area contributed by atoms with Crippen molar-refractivity contribution in [2.75, 3.05) is 6.61 Å². The first-order valence-electron chi connectivity index (χ1n) is 7.76. The summed E-state index contributed by atoms with van der Waals surface area (Å²) in [4.78, 5) is 36.5. The van der Waals surface area contributed by atoms with Crippen molar-refractivity contribution in [3.05, 3.63) is 64.6 Å². The Morgan fingerprint density at radius 1 is 1.15 bits per heavy atom. The number of esters is 1. The molecule has 0 saturated carbocycles. The monoisotopic (exact) mass is 378 g/mol. The maximum Gasteiger partial charge on any atom is 1.00 e. The molecule has 0 N–H and O–H groups in total. The van der Waals surface area contributed by atoms with Gasteiger partial charge < -0.3 is 14.3 Å². The van der Waals surface area contributed by atoms with Crippen molar-refractivity contribution in [1.82, 2.24) is 0 Å². The second-order valence-electron chi connectivity index (χ2n) is 6.09. The van der Waals surface area contributed by atoms with Gasteiger partial charge in [-0.1, -0.05) is 43.9 Å². The Labute approximate surface area is 192 Å². The summed E-state index contributed by atoms with van der Waals surface area (Å²) in [5.74, 6) is -2.71. The molecule has 0 atom stereocenters.